The third-order valence-corrected chi connectivity index (χ3v) is 7.41. The van der Waals surface area contributed by atoms with Crippen LogP contribution in [0.1, 0.15) is 6.92 Å². The van der Waals surface area contributed by atoms with E-state index < -0.39 is 0 Å². The van der Waals surface area contributed by atoms with Crippen molar-refractivity contribution < 1.29 is 22.3 Å². The van der Waals surface area contributed by atoms with Crippen molar-refractivity contribution in [3.05, 3.63) is 27.8 Å². The molecule has 2 rings (SSSR count). The molecule has 1 aromatic carbocycles. The number of hydrogen-bond donors (Lipinski definition) is 1. The molecule has 1 aliphatic rings. The summed E-state index contributed by atoms with van der Waals surface area (Å²) in [4.78, 5) is 4.57. The Labute approximate surface area is 123 Å². The first-order valence-electron chi connectivity index (χ1n) is 5.74. The van der Waals surface area contributed by atoms with E-state index in [-0.39, 0.29) is 23.5 Å². The molecule has 0 radical (unpaired) electrons. The summed E-state index contributed by atoms with van der Waals surface area (Å²) in [6.07, 6.45) is -0.315. The van der Waals surface area contributed by atoms with Gasteiger partial charge in [0.05, 0.1) is 0 Å². The van der Waals surface area contributed by atoms with Crippen molar-refractivity contribution in [2.24, 2.45) is 0 Å². The first-order chi connectivity index (χ1) is 8.22. The Morgan fingerprint density at radius 3 is 2.47 bits per heavy atom. The van der Waals surface area contributed by atoms with Crippen LogP contribution in [0.4, 0.5) is 5.69 Å². The molecule has 1 atom stereocenters. The maximum atomic E-state index is 9.55. The van der Waals surface area contributed by atoms with E-state index in [0.717, 1.165) is 26.2 Å². The molecule has 1 N–H and O–H groups in total. The first-order valence-corrected chi connectivity index (χ1v) is 13.1. The van der Waals surface area contributed by atoms with E-state index in [1.807, 2.05) is 6.92 Å². The van der Waals surface area contributed by atoms with Crippen LogP contribution >= 0.6 is 18.6 Å². The standard InChI is InChI=1S/C12H17I2N2O/c1-10(17)15-6-8-16(9-7-15)12-5-3-2-4-11(12)14-13/h2-5,10,17H,6-9H2,1H3/q-1/t10-/m1/s1. The fourth-order valence-electron chi connectivity index (χ4n) is 2.11. The molecule has 0 aliphatic carbocycles. The zero-order valence-corrected chi connectivity index (χ0v) is 14.1. The van der Waals surface area contributed by atoms with Gasteiger partial charge in [-0.1, -0.05) is 0 Å². The first kappa shape index (κ1) is 13.8. The van der Waals surface area contributed by atoms with Gasteiger partial charge in [-0.05, 0) is 0 Å². The Morgan fingerprint density at radius 1 is 1.24 bits per heavy atom. The van der Waals surface area contributed by atoms with Crippen molar-refractivity contribution in [1.82, 2.24) is 4.90 Å². The molecule has 3 nitrogen and oxygen atoms in total. The molecule has 0 amide bonds. The number of aliphatic hydroxyl groups excluding tert-OH is 1. The zero-order chi connectivity index (χ0) is 12.3. The second-order valence-electron chi connectivity index (χ2n) is 4.18. The summed E-state index contributed by atoms with van der Waals surface area (Å²) in [5.74, 6) is 0. The van der Waals surface area contributed by atoms with Gasteiger partial charge in [-0.25, -0.2) is 0 Å². The molecular formula is C12H17I2N2O-. The number of piperazine rings is 1. The fraction of sp³-hybridized carbons (Fsp3) is 0.500. The van der Waals surface area contributed by atoms with Gasteiger partial charge in [-0.15, -0.1) is 0 Å². The van der Waals surface area contributed by atoms with Crippen molar-refractivity contribution in [2.75, 3.05) is 31.1 Å². The molecule has 1 heterocycles. The van der Waals surface area contributed by atoms with Crippen LogP contribution in [0.2, 0.25) is 0 Å². The van der Waals surface area contributed by atoms with Crippen LogP contribution in [0.15, 0.2) is 24.3 Å². The van der Waals surface area contributed by atoms with Crippen molar-refractivity contribution >= 4 is 24.3 Å². The van der Waals surface area contributed by atoms with Crippen LogP contribution in [0.5, 0.6) is 0 Å². The van der Waals surface area contributed by atoms with E-state index in [2.05, 4.69) is 52.7 Å². The topological polar surface area (TPSA) is 26.7 Å². The Kier molecular flexibility index (Phi) is 5.31. The normalized spacial score (nSPS) is 19.6. The molecule has 0 aromatic heterocycles. The SMILES string of the molecule is C[C@@H](O)N1CCN(c2ccccc2[I-]I)CC1. The number of rotatable bonds is 3. The second kappa shape index (κ2) is 6.53. The molecule has 0 spiro atoms. The second-order valence-corrected chi connectivity index (χ2v) is 8.48. The van der Waals surface area contributed by atoms with Gasteiger partial charge in [-0.2, -0.15) is 0 Å². The molecule has 17 heavy (non-hydrogen) atoms. The van der Waals surface area contributed by atoms with Crippen molar-refractivity contribution in [3.8, 4) is 0 Å². The predicted molar refractivity (Wildman–Crippen MR) is 74.6 cm³/mol. The number of halogens is 2. The van der Waals surface area contributed by atoms with Gasteiger partial charge in [-0.3, -0.25) is 0 Å². The Bertz CT molecular complexity index is 365. The summed E-state index contributed by atoms with van der Waals surface area (Å²) in [6, 6.07) is 8.72. The van der Waals surface area contributed by atoms with E-state index in [0.29, 0.717) is 0 Å². The van der Waals surface area contributed by atoms with Crippen LogP contribution in [0.3, 0.4) is 0 Å². The fourth-order valence-corrected chi connectivity index (χ4v) is 5.49. The van der Waals surface area contributed by atoms with Gasteiger partial charge < -0.3 is 0 Å². The average Bonchev–Trinajstić information content (AvgIpc) is 2.39. The minimum absolute atomic E-state index is 0.102. The van der Waals surface area contributed by atoms with E-state index in [4.69, 9.17) is 0 Å². The van der Waals surface area contributed by atoms with Gasteiger partial charge in [0.1, 0.15) is 0 Å². The van der Waals surface area contributed by atoms with Crippen LogP contribution in [0, 0.1) is 3.57 Å². The van der Waals surface area contributed by atoms with E-state index >= 15 is 0 Å². The third-order valence-electron chi connectivity index (χ3n) is 3.11. The van der Waals surface area contributed by atoms with Crippen molar-refractivity contribution in [3.63, 3.8) is 0 Å². The number of para-hydroxylation sites is 1. The van der Waals surface area contributed by atoms with E-state index in [9.17, 15) is 5.11 Å². The average molecular weight is 459 g/mol. The van der Waals surface area contributed by atoms with Crippen LogP contribution in [0.25, 0.3) is 0 Å². The van der Waals surface area contributed by atoms with Gasteiger partial charge in [0, 0.05) is 0 Å². The summed E-state index contributed by atoms with van der Waals surface area (Å²) in [6.45, 7) is 5.78. The molecule has 96 valence electrons. The number of aliphatic hydroxyl groups is 1. The number of anilines is 1. The Hall–Kier alpha value is 0.400. The van der Waals surface area contributed by atoms with Crippen LogP contribution < -0.4 is 22.1 Å². The molecule has 5 heteroatoms. The predicted octanol–water partition coefficient (Wildman–Crippen LogP) is -1.24. The Balaban J connectivity index is 2.05. The molecule has 0 unspecified atom stereocenters. The van der Waals surface area contributed by atoms with Gasteiger partial charge in [0.25, 0.3) is 0 Å². The summed E-state index contributed by atoms with van der Waals surface area (Å²) in [5, 5.41) is 9.55. The monoisotopic (exact) mass is 459 g/mol. The van der Waals surface area contributed by atoms with Gasteiger partial charge >= 0.3 is 124 Å². The number of hydrogen-bond acceptors (Lipinski definition) is 3. The summed E-state index contributed by atoms with van der Waals surface area (Å²) in [7, 11) is 0. The van der Waals surface area contributed by atoms with E-state index in [1.165, 1.54) is 9.26 Å². The molecular weight excluding hydrogens is 442 g/mol. The van der Waals surface area contributed by atoms with Crippen molar-refractivity contribution in [2.45, 2.75) is 13.2 Å². The molecule has 0 bridgehead atoms. The molecule has 0 saturated carbocycles. The van der Waals surface area contributed by atoms with Crippen LogP contribution in [-0.4, -0.2) is 42.4 Å². The molecule has 1 aromatic rings. The minimum atomic E-state index is -0.315. The third kappa shape index (κ3) is 3.45. The molecule has 1 aliphatic heterocycles. The maximum absolute atomic E-state index is 9.55. The van der Waals surface area contributed by atoms with E-state index in [1.54, 1.807) is 0 Å². The van der Waals surface area contributed by atoms with Gasteiger partial charge in [0.15, 0.2) is 0 Å². The summed E-state index contributed by atoms with van der Waals surface area (Å²) < 4.78 is 1.51. The van der Waals surface area contributed by atoms with Crippen molar-refractivity contribution in [1.29, 1.82) is 0 Å². The summed E-state index contributed by atoms with van der Waals surface area (Å²) in [5.41, 5.74) is 1.40. The van der Waals surface area contributed by atoms with Gasteiger partial charge in [0.2, 0.25) is 0 Å². The quantitative estimate of drug-likeness (QED) is 0.574. The number of benzene rings is 1. The Morgan fingerprint density at radius 2 is 1.88 bits per heavy atom. The summed E-state index contributed by atoms with van der Waals surface area (Å²) >= 11 is 2.62. The molecule has 1 fully saturated rings. The zero-order valence-electron chi connectivity index (χ0n) is 9.81. The molecule has 1 saturated heterocycles. The number of nitrogens with zero attached hydrogens (tertiary/aromatic N) is 2. The van der Waals surface area contributed by atoms with Crippen LogP contribution in [-0.2, 0) is 0 Å².